The van der Waals surface area contributed by atoms with Crippen LogP contribution in [0, 0.1) is 9.49 Å². The summed E-state index contributed by atoms with van der Waals surface area (Å²) in [4.78, 5) is 14.6. The smallest absolute Gasteiger partial charge is 0.253 e. The highest BCUT2D eigenvalue weighted by Crippen LogP contribution is 2.24. The van der Waals surface area contributed by atoms with Crippen LogP contribution in [0.5, 0.6) is 5.75 Å². The molecule has 24 heavy (non-hydrogen) atoms. The molecule has 0 saturated carbocycles. The van der Waals surface area contributed by atoms with Crippen molar-refractivity contribution in [2.75, 3.05) is 13.1 Å². The number of benzene rings is 2. The lowest BCUT2D eigenvalue weighted by atomic mass is 9.90. The van der Waals surface area contributed by atoms with Crippen LogP contribution < -0.4 is 0 Å². The molecule has 1 saturated heterocycles. The third-order valence-electron chi connectivity index (χ3n) is 4.75. The number of aryl methyl sites for hydroxylation is 1. The monoisotopic (exact) mass is 435 g/mol. The van der Waals surface area contributed by atoms with Gasteiger partial charge < -0.3 is 10.0 Å². The zero-order valence-corrected chi connectivity index (χ0v) is 15.8. The standard InChI is InChI=1S/C20H22INO2/c21-18-3-1-2-17(14-18)20(24)22-12-10-16(11-13-22)5-4-15-6-8-19(23)9-7-15/h1-3,6-9,14,16,23H,4-5,10-13H2. The zero-order chi connectivity index (χ0) is 16.9. The number of phenols is 1. The minimum Gasteiger partial charge on any atom is -0.508 e. The summed E-state index contributed by atoms with van der Waals surface area (Å²) < 4.78 is 1.10. The molecule has 2 aromatic carbocycles. The molecular formula is C20H22INO2. The summed E-state index contributed by atoms with van der Waals surface area (Å²) >= 11 is 2.24. The van der Waals surface area contributed by atoms with Crippen molar-refractivity contribution in [2.24, 2.45) is 5.92 Å². The first-order valence-corrected chi connectivity index (χ1v) is 9.52. The molecule has 1 amide bonds. The van der Waals surface area contributed by atoms with E-state index in [2.05, 4.69) is 22.6 Å². The Hall–Kier alpha value is -1.56. The van der Waals surface area contributed by atoms with E-state index in [4.69, 9.17) is 0 Å². The molecule has 0 radical (unpaired) electrons. The van der Waals surface area contributed by atoms with Gasteiger partial charge in [0.15, 0.2) is 0 Å². The fourth-order valence-corrected chi connectivity index (χ4v) is 3.81. The number of piperidine rings is 1. The number of phenolic OH excluding ortho intramolecular Hbond substituents is 1. The average molecular weight is 435 g/mol. The molecule has 0 bridgehead atoms. The largest absolute Gasteiger partial charge is 0.508 e. The van der Waals surface area contributed by atoms with Crippen LogP contribution in [0.2, 0.25) is 0 Å². The number of likely N-dealkylation sites (tertiary alicyclic amines) is 1. The third kappa shape index (κ3) is 4.50. The molecule has 1 N–H and O–H groups in total. The van der Waals surface area contributed by atoms with Crippen molar-refractivity contribution in [3.05, 3.63) is 63.2 Å². The Morgan fingerprint density at radius 2 is 1.83 bits per heavy atom. The quantitative estimate of drug-likeness (QED) is 0.720. The molecular weight excluding hydrogens is 413 g/mol. The number of nitrogens with zero attached hydrogens (tertiary/aromatic N) is 1. The van der Waals surface area contributed by atoms with E-state index in [9.17, 15) is 9.90 Å². The highest BCUT2D eigenvalue weighted by atomic mass is 127. The van der Waals surface area contributed by atoms with Crippen molar-refractivity contribution in [1.82, 2.24) is 4.90 Å². The third-order valence-corrected chi connectivity index (χ3v) is 5.42. The number of hydrogen-bond donors (Lipinski definition) is 1. The van der Waals surface area contributed by atoms with E-state index >= 15 is 0 Å². The van der Waals surface area contributed by atoms with Gasteiger partial charge in [-0.25, -0.2) is 0 Å². The van der Waals surface area contributed by atoms with Crippen LogP contribution in [0.3, 0.4) is 0 Å². The van der Waals surface area contributed by atoms with E-state index in [1.807, 2.05) is 41.3 Å². The SMILES string of the molecule is O=C(c1cccc(I)c1)N1CCC(CCc2ccc(O)cc2)CC1. The van der Waals surface area contributed by atoms with Crippen molar-refractivity contribution in [2.45, 2.75) is 25.7 Å². The number of carbonyl (C=O) groups is 1. The molecule has 0 spiro atoms. The van der Waals surface area contributed by atoms with Gasteiger partial charge in [0, 0.05) is 22.2 Å². The van der Waals surface area contributed by atoms with Gasteiger partial charge in [-0.15, -0.1) is 0 Å². The van der Waals surface area contributed by atoms with E-state index in [1.165, 1.54) is 5.56 Å². The van der Waals surface area contributed by atoms with E-state index in [-0.39, 0.29) is 5.91 Å². The Bertz CT molecular complexity index is 691. The summed E-state index contributed by atoms with van der Waals surface area (Å²) in [5.41, 5.74) is 2.06. The number of amides is 1. The van der Waals surface area contributed by atoms with E-state index < -0.39 is 0 Å². The van der Waals surface area contributed by atoms with Gasteiger partial charge in [-0.05, 0) is 90.1 Å². The lowest BCUT2D eigenvalue weighted by Crippen LogP contribution is -2.38. The molecule has 3 nitrogen and oxygen atoms in total. The van der Waals surface area contributed by atoms with Crippen LogP contribution in [-0.4, -0.2) is 29.0 Å². The summed E-state index contributed by atoms with van der Waals surface area (Å²) in [5.74, 6) is 1.16. The van der Waals surface area contributed by atoms with E-state index in [0.29, 0.717) is 11.7 Å². The molecule has 4 heteroatoms. The Morgan fingerprint density at radius 1 is 1.12 bits per heavy atom. The van der Waals surface area contributed by atoms with Gasteiger partial charge in [-0.1, -0.05) is 18.2 Å². The predicted octanol–water partition coefficient (Wildman–Crippen LogP) is 4.48. The Labute approximate surface area is 156 Å². The molecule has 0 unspecified atom stereocenters. The number of halogens is 1. The second-order valence-corrected chi connectivity index (χ2v) is 7.70. The zero-order valence-electron chi connectivity index (χ0n) is 13.6. The highest BCUT2D eigenvalue weighted by molar-refractivity contribution is 14.1. The molecule has 1 heterocycles. The Morgan fingerprint density at radius 3 is 2.50 bits per heavy atom. The summed E-state index contributed by atoms with van der Waals surface area (Å²) in [6.07, 6.45) is 4.34. The van der Waals surface area contributed by atoms with Crippen LogP contribution in [0.25, 0.3) is 0 Å². The molecule has 0 aromatic heterocycles. The molecule has 1 fully saturated rings. The fourth-order valence-electron chi connectivity index (χ4n) is 3.26. The van der Waals surface area contributed by atoms with Gasteiger partial charge in [-0.3, -0.25) is 4.79 Å². The van der Waals surface area contributed by atoms with Gasteiger partial charge >= 0.3 is 0 Å². The van der Waals surface area contributed by atoms with Crippen molar-refractivity contribution < 1.29 is 9.90 Å². The normalized spacial score (nSPS) is 15.5. The van der Waals surface area contributed by atoms with Crippen LogP contribution in [0.1, 0.15) is 35.2 Å². The maximum Gasteiger partial charge on any atom is 0.253 e. The van der Waals surface area contributed by atoms with Gasteiger partial charge in [0.1, 0.15) is 5.75 Å². The maximum absolute atomic E-state index is 12.6. The molecule has 126 valence electrons. The predicted molar refractivity (Wildman–Crippen MR) is 104 cm³/mol. The molecule has 0 atom stereocenters. The molecule has 3 rings (SSSR count). The Balaban J connectivity index is 1.48. The first-order valence-electron chi connectivity index (χ1n) is 8.44. The maximum atomic E-state index is 12.6. The summed E-state index contributed by atoms with van der Waals surface area (Å²) in [7, 11) is 0. The van der Waals surface area contributed by atoms with Gasteiger partial charge in [0.25, 0.3) is 5.91 Å². The van der Waals surface area contributed by atoms with Crippen LogP contribution >= 0.6 is 22.6 Å². The number of aromatic hydroxyl groups is 1. The minimum absolute atomic E-state index is 0.158. The number of rotatable bonds is 4. The van der Waals surface area contributed by atoms with Crippen LogP contribution in [-0.2, 0) is 6.42 Å². The second kappa shape index (κ2) is 8.01. The second-order valence-electron chi connectivity index (χ2n) is 6.45. The van der Waals surface area contributed by atoms with Crippen LogP contribution in [0.4, 0.5) is 0 Å². The summed E-state index contributed by atoms with van der Waals surface area (Å²) in [5, 5.41) is 9.33. The lowest BCUT2D eigenvalue weighted by Gasteiger charge is -2.32. The minimum atomic E-state index is 0.158. The van der Waals surface area contributed by atoms with Crippen molar-refractivity contribution in [3.8, 4) is 5.75 Å². The molecule has 1 aliphatic heterocycles. The van der Waals surface area contributed by atoms with Crippen LogP contribution in [0.15, 0.2) is 48.5 Å². The van der Waals surface area contributed by atoms with Gasteiger partial charge in [0.05, 0.1) is 0 Å². The first-order chi connectivity index (χ1) is 11.6. The van der Waals surface area contributed by atoms with E-state index in [1.54, 1.807) is 12.1 Å². The van der Waals surface area contributed by atoms with Crippen molar-refractivity contribution in [1.29, 1.82) is 0 Å². The molecule has 0 aliphatic carbocycles. The molecule has 1 aliphatic rings. The summed E-state index contributed by atoms with van der Waals surface area (Å²) in [6.45, 7) is 1.70. The lowest BCUT2D eigenvalue weighted by molar-refractivity contribution is 0.0687. The fraction of sp³-hybridized carbons (Fsp3) is 0.350. The summed E-state index contributed by atoms with van der Waals surface area (Å²) in [6, 6.07) is 15.3. The van der Waals surface area contributed by atoms with Gasteiger partial charge in [0.2, 0.25) is 0 Å². The number of hydrogen-bond acceptors (Lipinski definition) is 2. The number of carbonyl (C=O) groups excluding carboxylic acids is 1. The topological polar surface area (TPSA) is 40.5 Å². The van der Waals surface area contributed by atoms with Gasteiger partial charge in [-0.2, -0.15) is 0 Å². The van der Waals surface area contributed by atoms with E-state index in [0.717, 1.165) is 47.9 Å². The van der Waals surface area contributed by atoms with Crippen molar-refractivity contribution in [3.63, 3.8) is 0 Å². The average Bonchev–Trinajstić information content (AvgIpc) is 2.61. The Kier molecular flexibility index (Phi) is 5.76. The first kappa shape index (κ1) is 17.3. The molecule has 2 aromatic rings. The van der Waals surface area contributed by atoms with Crippen molar-refractivity contribution >= 4 is 28.5 Å². The highest BCUT2D eigenvalue weighted by Gasteiger charge is 2.23.